The first kappa shape index (κ1) is 8.63. The zero-order valence-electron chi connectivity index (χ0n) is 10.00. The average Bonchev–Trinajstić information content (AvgIpc) is 2.81. The summed E-state index contributed by atoms with van der Waals surface area (Å²) in [6, 6.07) is 3.07. The number of hydrogen-bond donors (Lipinski definition) is 1. The maximum atomic E-state index is 4.75. The van der Waals surface area contributed by atoms with E-state index in [4.69, 9.17) is 10.2 Å². The van der Waals surface area contributed by atoms with Crippen LogP contribution in [-0.4, -0.2) is 24.2 Å². The van der Waals surface area contributed by atoms with Crippen molar-refractivity contribution in [1.29, 1.82) is 0 Å². The highest BCUT2D eigenvalue weighted by Gasteiger charge is 2.72. The molecule has 5 fully saturated rings. The van der Waals surface area contributed by atoms with Crippen LogP contribution >= 0.6 is 0 Å². The first-order valence-corrected chi connectivity index (χ1v) is 7.59. The molecule has 3 heteroatoms. The maximum Gasteiger partial charge on any atom is 0.0774 e. The van der Waals surface area contributed by atoms with Gasteiger partial charge >= 0.3 is 0 Å². The quantitative estimate of drug-likeness (QED) is 0.633. The van der Waals surface area contributed by atoms with E-state index in [0.717, 1.165) is 47.6 Å². The van der Waals surface area contributed by atoms with E-state index >= 15 is 0 Å². The third-order valence-electron chi connectivity index (χ3n) is 7.19. The molecule has 17 heavy (non-hydrogen) atoms. The van der Waals surface area contributed by atoms with Gasteiger partial charge in [-0.25, -0.2) is 0 Å². The second-order valence-electron chi connectivity index (χ2n) is 7.41. The van der Waals surface area contributed by atoms with Crippen molar-refractivity contribution < 1.29 is 0 Å². The van der Waals surface area contributed by atoms with Gasteiger partial charge in [0.2, 0.25) is 0 Å². The fourth-order valence-electron chi connectivity index (χ4n) is 6.80. The molecule has 1 saturated heterocycles. The fraction of sp³-hybridized carbons (Fsp3) is 1.00. The number of rotatable bonds is 0. The van der Waals surface area contributed by atoms with Gasteiger partial charge in [0.25, 0.3) is 0 Å². The van der Waals surface area contributed by atoms with Crippen LogP contribution in [-0.2, 0) is 0 Å². The standard InChI is InChI=1S/C14H19N3/c1-2-5-6(3-1)12-10-8-4-7(13-14(8)15-13)9(10)11(5)16-17-12/h5-15H,1-4H2/t5-,6+,7+,8-,9+,10-,11-,12+,13+,14-. The molecule has 0 radical (unpaired) electrons. The zero-order chi connectivity index (χ0) is 10.7. The Balaban J connectivity index is 1.52. The lowest BCUT2D eigenvalue weighted by Crippen LogP contribution is -2.55. The molecule has 0 unspecified atom stereocenters. The Morgan fingerprint density at radius 3 is 1.94 bits per heavy atom. The first-order valence-electron chi connectivity index (χ1n) is 7.59. The van der Waals surface area contributed by atoms with Crippen molar-refractivity contribution in [3.05, 3.63) is 0 Å². The number of piperidine rings is 1. The van der Waals surface area contributed by atoms with E-state index in [2.05, 4.69) is 5.32 Å². The molecule has 7 rings (SSSR count). The van der Waals surface area contributed by atoms with E-state index in [1.54, 1.807) is 0 Å². The van der Waals surface area contributed by atoms with Crippen LogP contribution in [0.2, 0.25) is 0 Å². The Morgan fingerprint density at radius 1 is 0.765 bits per heavy atom. The van der Waals surface area contributed by atoms with Gasteiger partial charge in [-0.1, -0.05) is 6.42 Å². The SMILES string of the molecule is C1C[C@@H]2[C@H](C1)[C@@H]1N=N[C@H]2[C@H]2[C@@H]3C[C@@H]([C@H]4N[C@@H]34)[C@@H]12. The molecule has 3 nitrogen and oxygen atoms in total. The number of fused-ring (bicyclic) bond motifs is 5. The summed E-state index contributed by atoms with van der Waals surface area (Å²) in [5.41, 5.74) is 0. The highest BCUT2D eigenvalue weighted by atomic mass is 15.3. The second kappa shape index (κ2) is 2.47. The molecular weight excluding hydrogens is 210 g/mol. The van der Waals surface area contributed by atoms with E-state index in [1.165, 1.54) is 25.7 Å². The molecule has 10 atom stereocenters. The predicted molar refractivity (Wildman–Crippen MR) is 62.6 cm³/mol. The van der Waals surface area contributed by atoms with Crippen LogP contribution in [0.3, 0.4) is 0 Å². The third-order valence-corrected chi connectivity index (χ3v) is 7.19. The van der Waals surface area contributed by atoms with Gasteiger partial charge in [-0.3, -0.25) is 0 Å². The van der Waals surface area contributed by atoms with Crippen LogP contribution in [0.4, 0.5) is 0 Å². The van der Waals surface area contributed by atoms with Crippen LogP contribution in [0, 0.1) is 35.5 Å². The molecular formula is C14H19N3. The molecule has 3 aliphatic heterocycles. The molecule has 7 aliphatic rings. The van der Waals surface area contributed by atoms with Crippen molar-refractivity contribution in [2.75, 3.05) is 0 Å². The van der Waals surface area contributed by atoms with Crippen molar-refractivity contribution in [3.63, 3.8) is 0 Å². The van der Waals surface area contributed by atoms with E-state index in [-0.39, 0.29) is 0 Å². The summed E-state index contributed by atoms with van der Waals surface area (Å²) in [6.45, 7) is 0. The van der Waals surface area contributed by atoms with Crippen molar-refractivity contribution >= 4 is 0 Å². The lowest BCUT2D eigenvalue weighted by Gasteiger charge is -2.51. The number of hydrogen-bond acceptors (Lipinski definition) is 3. The summed E-state index contributed by atoms with van der Waals surface area (Å²) in [5, 5.41) is 13.2. The van der Waals surface area contributed by atoms with Crippen LogP contribution in [0.5, 0.6) is 0 Å². The van der Waals surface area contributed by atoms with Gasteiger partial charge in [-0.2, -0.15) is 10.2 Å². The van der Waals surface area contributed by atoms with E-state index in [0.29, 0.717) is 12.1 Å². The van der Waals surface area contributed by atoms with Crippen LogP contribution in [0.15, 0.2) is 10.2 Å². The minimum Gasteiger partial charge on any atom is -0.308 e. The van der Waals surface area contributed by atoms with Crippen molar-refractivity contribution in [1.82, 2.24) is 5.32 Å². The Hall–Kier alpha value is -0.440. The lowest BCUT2D eigenvalue weighted by molar-refractivity contribution is 0.0166. The maximum absolute atomic E-state index is 4.75. The van der Waals surface area contributed by atoms with E-state index in [9.17, 15) is 0 Å². The smallest absolute Gasteiger partial charge is 0.0774 e. The molecule has 3 heterocycles. The molecule has 0 aromatic carbocycles. The summed E-state index contributed by atoms with van der Waals surface area (Å²) in [5.74, 6) is 5.66. The molecule has 0 spiro atoms. The Labute approximate surface area is 101 Å². The summed E-state index contributed by atoms with van der Waals surface area (Å²) >= 11 is 0. The molecule has 0 aromatic rings. The van der Waals surface area contributed by atoms with E-state index < -0.39 is 0 Å². The molecule has 1 N–H and O–H groups in total. The molecule has 0 aromatic heterocycles. The minimum atomic E-state index is 0.635. The molecule has 4 aliphatic carbocycles. The summed E-state index contributed by atoms with van der Waals surface area (Å²) in [4.78, 5) is 0. The van der Waals surface area contributed by atoms with Crippen LogP contribution in [0.1, 0.15) is 25.7 Å². The van der Waals surface area contributed by atoms with Crippen molar-refractivity contribution in [2.24, 2.45) is 45.7 Å². The zero-order valence-corrected chi connectivity index (χ0v) is 10.00. The normalized spacial score (nSPS) is 72.5. The highest BCUT2D eigenvalue weighted by Crippen LogP contribution is 2.67. The van der Waals surface area contributed by atoms with Gasteiger partial charge in [0, 0.05) is 12.1 Å². The van der Waals surface area contributed by atoms with Gasteiger partial charge in [0.05, 0.1) is 12.1 Å². The average molecular weight is 229 g/mol. The van der Waals surface area contributed by atoms with E-state index in [1.807, 2.05) is 0 Å². The van der Waals surface area contributed by atoms with Crippen LogP contribution < -0.4 is 5.32 Å². The van der Waals surface area contributed by atoms with Gasteiger partial charge in [-0.15, -0.1) is 0 Å². The summed E-state index contributed by atoms with van der Waals surface area (Å²) in [6.07, 6.45) is 5.86. The molecule has 4 bridgehead atoms. The second-order valence-corrected chi connectivity index (χ2v) is 7.41. The van der Waals surface area contributed by atoms with Crippen LogP contribution in [0.25, 0.3) is 0 Å². The fourth-order valence-corrected chi connectivity index (χ4v) is 6.80. The first-order chi connectivity index (χ1) is 8.43. The number of azo groups is 1. The Morgan fingerprint density at radius 2 is 1.35 bits per heavy atom. The van der Waals surface area contributed by atoms with Gasteiger partial charge in [0.1, 0.15) is 0 Å². The Kier molecular flexibility index (Phi) is 1.25. The molecule has 0 amide bonds. The Bertz CT molecular complexity index is 397. The van der Waals surface area contributed by atoms with Crippen molar-refractivity contribution in [3.8, 4) is 0 Å². The number of nitrogens with one attached hydrogen (secondary N) is 1. The largest absolute Gasteiger partial charge is 0.308 e. The highest BCUT2D eigenvalue weighted by molar-refractivity contribution is 5.27. The molecule has 4 saturated carbocycles. The molecule has 90 valence electrons. The third kappa shape index (κ3) is 0.780. The minimum absolute atomic E-state index is 0.635. The topological polar surface area (TPSA) is 46.7 Å². The summed E-state index contributed by atoms with van der Waals surface area (Å²) in [7, 11) is 0. The van der Waals surface area contributed by atoms with Gasteiger partial charge in [-0.05, 0) is 54.8 Å². The number of nitrogens with zero attached hydrogens (tertiary/aromatic N) is 2. The predicted octanol–water partition coefficient (Wildman–Crippen LogP) is 1.84. The summed E-state index contributed by atoms with van der Waals surface area (Å²) < 4.78 is 0. The van der Waals surface area contributed by atoms with Gasteiger partial charge in [0.15, 0.2) is 0 Å². The monoisotopic (exact) mass is 229 g/mol. The van der Waals surface area contributed by atoms with Gasteiger partial charge < -0.3 is 5.32 Å². The van der Waals surface area contributed by atoms with Crippen molar-refractivity contribution in [2.45, 2.75) is 49.9 Å². The lowest BCUT2D eigenvalue weighted by atomic mass is 9.58.